The topological polar surface area (TPSA) is 74.4 Å². The van der Waals surface area contributed by atoms with Gasteiger partial charge in [0, 0.05) is 19.6 Å². The summed E-state index contributed by atoms with van der Waals surface area (Å²) in [4.78, 5) is 32.3. The van der Waals surface area contributed by atoms with E-state index in [2.05, 4.69) is 12.3 Å². The third-order valence-electron chi connectivity index (χ3n) is 4.63. The van der Waals surface area contributed by atoms with E-state index in [-0.39, 0.29) is 18.0 Å². The number of urea groups is 1. The Morgan fingerprint density at radius 1 is 1.35 bits per heavy atom. The van der Waals surface area contributed by atoms with Gasteiger partial charge in [0.25, 0.3) is 5.91 Å². The zero-order valence-electron chi connectivity index (χ0n) is 13.7. The van der Waals surface area contributed by atoms with Crippen molar-refractivity contribution in [2.75, 3.05) is 39.5 Å². The van der Waals surface area contributed by atoms with Gasteiger partial charge in [-0.3, -0.25) is 15.1 Å². The Bertz CT molecular complexity index is 441. The Morgan fingerprint density at radius 2 is 2.13 bits per heavy atom. The number of hydrogen-bond donors (Lipinski definition) is 1. The van der Waals surface area contributed by atoms with Crippen molar-refractivity contribution in [1.82, 2.24) is 20.4 Å². The van der Waals surface area contributed by atoms with Gasteiger partial charge in [0.1, 0.15) is 6.04 Å². The maximum Gasteiger partial charge on any atom is 0.345 e. The van der Waals surface area contributed by atoms with Crippen LogP contribution in [0, 0.1) is 0 Å². The minimum absolute atomic E-state index is 0.0757. The van der Waals surface area contributed by atoms with Crippen LogP contribution < -0.4 is 5.43 Å². The summed E-state index contributed by atoms with van der Waals surface area (Å²) in [5.41, 5.74) is 2.92. The molecule has 3 aliphatic heterocycles. The van der Waals surface area contributed by atoms with Crippen molar-refractivity contribution in [3.05, 3.63) is 0 Å². The lowest BCUT2D eigenvalue weighted by Crippen LogP contribution is -2.56. The minimum Gasteiger partial charge on any atom is -0.379 e. The summed E-state index contributed by atoms with van der Waals surface area (Å²) in [7, 11) is 0. The molecule has 0 spiro atoms. The lowest BCUT2D eigenvalue weighted by Gasteiger charge is -2.33. The van der Waals surface area contributed by atoms with Gasteiger partial charge < -0.3 is 9.64 Å². The number of unbranched alkanes of at least 4 members (excludes halogenated alkanes) is 1. The van der Waals surface area contributed by atoms with Crippen LogP contribution in [0.2, 0.25) is 0 Å². The number of nitrogens with zero attached hydrogens (tertiary/aromatic N) is 3. The lowest BCUT2D eigenvalue weighted by atomic mass is 10.0. The molecular weight excluding hydrogens is 300 g/mol. The quantitative estimate of drug-likeness (QED) is 0.713. The first kappa shape index (κ1) is 16.5. The molecule has 130 valence electrons. The van der Waals surface area contributed by atoms with Crippen molar-refractivity contribution in [1.29, 1.82) is 0 Å². The highest BCUT2D eigenvalue weighted by atomic mass is 16.7. The third kappa shape index (κ3) is 3.59. The lowest BCUT2D eigenvalue weighted by molar-refractivity contribution is -0.133. The Hall–Kier alpha value is -1.38. The fraction of sp³-hybridized carbons (Fsp3) is 0.867. The zero-order valence-corrected chi connectivity index (χ0v) is 13.7. The average molecular weight is 326 g/mol. The molecule has 0 aliphatic carbocycles. The SMILES string of the molecule is CCCCON1C(=O)N2C[C@@H]1CC[C@H]2C(=O)NN1CCOCC1. The van der Waals surface area contributed by atoms with Crippen LogP contribution in [0.4, 0.5) is 4.79 Å². The van der Waals surface area contributed by atoms with E-state index in [1.165, 1.54) is 5.06 Å². The van der Waals surface area contributed by atoms with E-state index in [0.717, 1.165) is 19.3 Å². The highest BCUT2D eigenvalue weighted by Gasteiger charge is 2.48. The number of morpholine rings is 1. The zero-order chi connectivity index (χ0) is 16.2. The third-order valence-corrected chi connectivity index (χ3v) is 4.63. The number of amides is 3. The van der Waals surface area contributed by atoms with Crippen molar-refractivity contribution in [2.45, 2.75) is 44.7 Å². The predicted molar refractivity (Wildman–Crippen MR) is 82.1 cm³/mol. The van der Waals surface area contributed by atoms with Gasteiger partial charge in [0.2, 0.25) is 0 Å². The molecule has 3 amide bonds. The predicted octanol–water partition coefficient (Wildman–Crippen LogP) is 0.350. The van der Waals surface area contributed by atoms with Crippen LogP contribution in [0.3, 0.4) is 0 Å². The second-order valence-corrected chi connectivity index (χ2v) is 6.27. The van der Waals surface area contributed by atoms with Gasteiger partial charge in [0.05, 0.1) is 25.9 Å². The van der Waals surface area contributed by atoms with E-state index in [1.54, 1.807) is 4.90 Å². The molecule has 3 fully saturated rings. The maximum absolute atomic E-state index is 12.5. The number of ether oxygens (including phenoxy) is 1. The van der Waals surface area contributed by atoms with Crippen molar-refractivity contribution < 1.29 is 19.2 Å². The number of piperidine rings is 1. The number of carbonyl (C=O) groups excluding carboxylic acids is 2. The number of hydrazine groups is 1. The molecular formula is C15H26N4O4. The summed E-state index contributed by atoms with van der Waals surface area (Å²) in [6.07, 6.45) is 3.44. The van der Waals surface area contributed by atoms with Crippen LogP contribution in [-0.4, -0.2) is 78.4 Å². The van der Waals surface area contributed by atoms with Gasteiger partial charge in [-0.15, -0.1) is 0 Å². The first-order valence-corrected chi connectivity index (χ1v) is 8.56. The first-order valence-electron chi connectivity index (χ1n) is 8.56. The molecule has 23 heavy (non-hydrogen) atoms. The molecule has 3 aliphatic rings. The van der Waals surface area contributed by atoms with Crippen LogP contribution in [0.1, 0.15) is 32.6 Å². The first-order chi connectivity index (χ1) is 11.2. The van der Waals surface area contributed by atoms with Crippen LogP contribution in [-0.2, 0) is 14.4 Å². The standard InChI is InChI=1S/C15H26N4O4/c1-2-3-8-23-19-12-4-5-13(18(11-12)15(19)21)14(20)16-17-6-9-22-10-7-17/h12-13H,2-11H2,1H3,(H,16,20)/t12-,13-/m0/s1. The molecule has 8 nitrogen and oxygen atoms in total. The fourth-order valence-corrected chi connectivity index (χ4v) is 3.28. The van der Waals surface area contributed by atoms with E-state index in [0.29, 0.717) is 45.9 Å². The number of hydroxylamine groups is 2. The van der Waals surface area contributed by atoms with Crippen LogP contribution >= 0.6 is 0 Å². The largest absolute Gasteiger partial charge is 0.379 e. The molecule has 3 heterocycles. The Labute approximate surface area is 136 Å². The number of rotatable bonds is 6. The van der Waals surface area contributed by atoms with Crippen LogP contribution in [0.25, 0.3) is 0 Å². The second kappa shape index (κ2) is 7.46. The summed E-state index contributed by atoms with van der Waals surface area (Å²) in [6.45, 7) is 5.82. The van der Waals surface area contributed by atoms with Crippen molar-refractivity contribution in [3.63, 3.8) is 0 Å². The van der Waals surface area contributed by atoms with Gasteiger partial charge in [-0.2, -0.15) is 5.06 Å². The van der Waals surface area contributed by atoms with Gasteiger partial charge in [0.15, 0.2) is 0 Å². The molecule has 2 bridgehead atoms. The Morgan fingerprint density at radius 3 is 2.87 bits per heavy atom. The summed E-state index contributed by atoms with van der Waals surface area (Å²) >= 11 is 0. The highest BCUT2D eigenvalue weighted by Crippen LogP contribution is 2.30. The van der Waals surface area contributed by atoms with E-state index in [1.807, 2.05) is 5.01 Å². The Balaban J connectivity index is 1.56. The molecule has 3 rings (SSSR count). The van der Waals surface area contributed by atoms with Gasteiger partial charge >= 0.3 is 6.03 Å². The molecule has 0 aromatic rings. The summed E-state index contributed by atoms with van der Waals surface area (Å²) in [5.74, 6) is -0.103. The minimum atomic E-state index is -0.402. The maximum atomic E-state index is 12.5. The van der Waals surface area contributed by atoms with Crippen molar-refractivity contribution in [3.8, 4) is 0 Å². The summed E-state index contributed by atoms with van der Waals surface area (Å²) < 4.78 is 5.27. The molecule has 0 aromatic heterocycles. The van der Waals surface area contributed by atoms with Crippen LogP contribution in [0.5, 0.6) is 0 Å². The molecule has 0 radical (unpaired) electrons. The van der Waals surface area contributed by atoms with E-state index in [4.69, 9.17) is 9.57 Å². The van der Waals surface area contributed by atoms with Gasteiger partial charge in [-0.1, -0.05) is 13.3 Å². The van der Waals surface area contributed by atoms with E-state index >= 15 is 0 Å². The molecule has 0 unspecified atom stereocenters. The highest BCUT2D eigenvalue weighted by molar-refractivity contribution is 5.88. The molecule has 3 saturated heterocycles. The van der Waals surface area contributed by atoms with Crippen molar-refractivity contribution in [2.24, 2.45) is 0 Å². The number of carbonyl (C=O) groups is 2. The fourth-order valence-electron chi connectivity index (χ4n) is 3.28. The number of fused-ring (bicyclic) bond motifs is 2. The molecule has 1 N–H and O–H groups in total. The monoisotopic (exact) mass is 326 g/mol. The Kier molecular flexibility index (Phi) is 5.34. The molecule has 8 heteroatoms. The average Bonchev–Trinajstić information content (AvgIpc) is 2.80. The summed E-state index contributed by atoms with van der Waals surface area (Å²) in [6, 6.07) is -0.501. The van der Waals surface area contributed by atoms with E-state index < -0.39 is 6.04 Å². The second-order valence-electron chi connectivity index (χ2n) is 6.27. The van der Waals surface area contributed by atoms with Gasteiger partial charge in [-0.05, 0) is 19.3 Å². The summed E-state index contributed by atoms with van der Waals surface area (Å²) in [5, 5.41) is 3.35. The molecule has 2 atom stereocenters. The van der Waals surface area contributed by atoms with Gasteiger partial charge in [-0.25, -0.2) is 9.80 Å². The molecule has 0 aromatic carbocycles. The van der Waals surface area contributed by atoms with Crippen molar-refractivity contribution >= 4 is 11.9 Å². The number of nitrogens with one attached hydrogen (secondary N) is 1. The van der Waals surface area contributed by atoms with E-state index in [9.17, 15) is 9.59 Å². The van der Waals surface area contributed by atoms with Crippen LogP contribution in [0.15, 0.2) is 0 Å². The smallest absolute Gasteiger partial charge is 0.345 e. The normalized spacial score (nSPS) is 28.3. The number of hydrogen-bond acceptors (Lipinski definition) is 5. The molecule has 0 saturated carbocycles.